The molecule has 3 aromatic carbocycles. The Balaban J connectivity index is 1.77. The number of anilines is 1. The molecule has 6 nitrogen and oxygen atoms in total. The summed E-state index contributed by atoms with van der Waals surface area (Å²) in [5.41, 5.74) is 2.64. The molecule has 0 aliphatic heterocycles. The summed E-state index contributed by atoms with van der Waals surface area (Å²) < 4.78 is 28.6. The molecule has 0 fully saturated rings. The van der Waals surface area contributed by atoms with E-state index in [-0.39, 0.29) is 10.8 Å². The lowest BCUT2D eigenvalue weighted by atomic mass is 10.1. The van der Waals surface area contributed by atoms with Crippen molar-refractivity contribution in [3.05, 3.63) is 78.2 Å². The Morgan fingerprint density at radius 1 is 0.935 bits per heavy atom. The molecule has 0 saturated carbocycles. The average Bonchev–Trinajstić information content (AvgIpc) is 3.36. The molecule has 0 atom stereocenters. The first kappa shape index (κ1) is 19.5. The lowest BCUT2D eigenvalue weighted by Crippen LogP contribution is -2.12. The minimum Gasteiger partial charge on any atom is -0.302 e. The Kier molecular flexibility index (Phi) is 4.60. The van der Waals surface area contributed by atoms with Gasteiger partial charge in [-0.05, 0) is 24.3 Å². The zero-order chi connectivity index (χ0) is 21.6. The molecule has 1 N–H and O–H groups in total. The molecular weight excluding hydrogens is 430 g/mol. The van der Waals surface area contributed by atoms with Crippen LogP contribution in [0.25, 0.3) is 33.1 Å². The fourth-order valence-corrected chi connectivity index (χ4v) is 5.97. The van der Waals surface area contributed by atoms with Gasteiger partial charge in [0.15, 0.2) is 5.13 Å². The summed E-state index contributed by atoms with van der Waals surface area (Å²) >= 11 is 1.32. The Bertz CT molecular complexity index is 1550. The van der Waals surface area contributed by atoms with Crippen LogP contribution in [-0.4, -0.2) is 23.3 Å². The van der Waals surface area contributed by atoms with Crippen molar-refractivity contribution < 1.29 is 13.2 Å². The Labute approximate surface area is 182 Å². The van der Waals surface area contributed by atoms with Gasteiger partial charge in [-0.3, -0.25) is 4.79 Å². The molecule has 0 aliphatic rings. The van der Waals surface area contributed by atoms with Crippen LogP contribution in [0.4, 0.5) is 5.13 Å². The lowest BCUT2D eigenvalue weighted by Gasteiger charge is -2.09. The van der Waals surface area contributed by atoms with Gasteiger partial charge in [0.05, 0.1) is 21.6 Å². The monoisotopic (exact) mass is 447 g/mol. The van der Waals surface area contributed by atoms with Gasteiger partial charge in [-0.2, -0.15) is 0 Å². The third kappa shape index (κ3) is 3.30. The van der Waals surface area contributed by atoms with E-state index in [2.05, 4.69) is 10.3 Å². The second-order valence-corrected chi connectivity index (χ2v) is 9.70. The number of benzene rings is 3. The SMILES string of the molecule is CC(=O)Nc1nc(-c2ccc3c4ccccc4n(S(=O)(=O)c4ccccc4)c3c2)cs1. The zero-order valence-electron chi connectivity index (χ0n) is 16.4. The highest BCUT2D eigenvalue weighted by atomic mass is 32.2. The Morgan fingerprint density at radius 3 is 2.42 bits per heavy atom. The van der Waals surface area contributed by atoms with E-state index in [1.54, 1.807) is 30.3 Å². The normalized spacial score (nSPS) is 11.8. The number of hydrogen-bond acceptors (Lipinski definition) is 5. The maximum absolute atomic E-state index is 13.6. The summed E-state index contributed by atoms with van der Waals surface area (Å²) in [6, 6.07) is 21.5. The van der Waals surface area contributed by atoms with Crippen LogP contribution in [0.5, 0.6) is 0 Å². The number of thiazole rings is 1. The van der Waals surface area contributed by atoms with Crippen molar-refractivity contribution in [2.75, 3.05) is 5.32 Å². The van der Waals surface area contributed by atoms with Crippen LogP contribution >= 0.6 is 11.3 Å². The van der Waals surface area contributed by atoms with Gasteiger partial charge in [0.1, 0.15) is 0 Å². The number of nitrogens with one attached hydrogen (secondary N) is 1. The van der Waals surface area contributed by atoms with Crippen molar-refractivity contribution in [2.45, 2.75) is 11.8 Å². The van der Waals surface area contributed by atoms with Crippen LogP contribution in [-0.2, 0) is 14.8 Å². The molecule has 0 radical (unpaired) electrons. The van der Waals surface area contributed by atoms with Gasteiger partial charge in [0.25, 0.3) is 10.0 Å². The van der Waals surface area contributed by atoms with Crippen molar-refractivity contribution in [3.63, 3.8) is 0 Å². The minimum absolute atomic E-state index is 0.189. The first-order valence-corrected chi connectivity index (χ1v) is 11.8. The predicted octanol–water partition coefficient (Wildman–Crippen LogP) is 5.11. The largest absolute Gasteiger partial charge is 0.302 e. The number of rotatable bonds is 4. The van der Waals surface area contributed by atoms with E-state index in [0.717, 1.165) is 16.3 Å². The van der Waals surface area contributed by atoms with E-state index in [1.165, 1.54) is 22.2 Å². The van der Waals surface area contributed by atoms with Crippen LogP contribution in [0.1, 0.15) is 6.92 Å². The summed E-state index contributed by atoms with van der Waals surface area (Å²) in [6.45, 7) is 1.43. The van der Waals surface area contributed by atoms with Crippen LogP contribution in [0.15, 0.2) is 83.1 Å². The highest BCUT2D eigenvalue weighted by molar-refractivity contribution is 7.90. The number of amides is 1. The smallest absolute Gasteiger partial charge is 0.268 e. The molecule has 5 rings (SSSR count). The number of carbonyl (C=O) groups is 1. The molecule has 2 aromatic heterocycles. The fourth-order valence-electron chi connectivity index (χ4n) is 3.67. The molecule has 0 bridgehead atoms. The van der Waals surface area contributed by atoms with Crippen LogP contribution in [0, 0.1) is 0 Å². The molecule has 5 aromatic rings. The topological polar surface area (TPSA) is 81.1 Å². The Hall–Kier alpha value is -3.49. The van der Waals surface area contributed by atoms with Crippen LogP contribution < -0.4 is 5.32 Å². The van der Waals surface area contributed by atoms with Gasteiger partial charge in [-0.25, -0.2) is 17.4 Å². The van der Waals surface area contributed by atoms with Crippen LogP contribution in [0.2, 0.25) is 0 Å². The van der Waals surface area contributed by atoms with E-state index < -0.39 is 10.0 Å². The Morgan fingerprint density at radius 2 is 1.65 bits per heavy atom. The number of nitrogens with zero attached hydrogens (tertiary/aromatic N) is 2. The van der Waals surface area contributed by atoms with E-state index in [4.69, 9.17) is 0 Å². The van der Waals surface area contributed by atoms with Gasteiger partial charge in [0, 0.05) is 28.6 Å². The average molecular weight is 448 g/mol. The molecule has 0 saturated heterocycles. The minimum atomic E-state index is -3.82. The fraction of sp³-hybridized carbons (Fsp3) is 0.0435. The van der Waals surface area contributed by atoms with Gasteiger partial charge in [0.2, 0.25) is 5.91 Å². The number of carbonyl (C=O) groups excluding carboxylic acids is 1. The van der Waals surface area contributed by atoms with Gasteiger partial charge < -0.3 is 5.32 Å². The molecule has 8 heteroatoms. The summed E-state index contributed by atoms with van der Waals surface area (Å²) in [5.74, 6) is -0.189. The summed E-state index contributed by atoms with van der Waals surface area (Å²) in [6.07, 6.45) is 0. The molecule has 154 valence electrons. The van der Waals surface area contributed by atoms with Crippen molar-refractivity contribution in [2.24, 2.45) is 0 Å². The third-order valence-electron chi connectivity index (χ3n) is 4.99. The lowest BCUT2D eigenvalue weighted by molar-refractivity contribution is -0.114. The molecule has 1 amide bonds. The molecule has 31 heavy (non-hydrogen) atoms. The first-order chi connectivity index (χ1) is 14.9. The molecular formula is C23H17N3O3S2. The number of hydrogen-bond donors (Lipinski definition) is 1. The standard InChI is InChI=1S/C23H17N3O3S2/c1-15(27)24-23-25-20(14-30-23)16-11-12-19-18-9-5-6-10-21(18)26(22(19)13-16)31(28,29)17-7-3-2-4-8-17/h2-14H,1H3,(H,24,25,27). The van der Waals surface area contributed by atoms with E-state index in [0.29, 0.717) is 21.9 Å². The summed E-state index contributed by atoms with van der Waals surface area (Å²) in [4.78, 5) is 16.0. The van der Waals surface area contributed by atoms with Gasteiger partial charge in [-0.1, -0.05) is 48.5 Å². The number of fused-ring (bicyclic) bond motifs is 3. The van der Waals surface area contributed by atoms with E-state index in [1.807, 2.05) is 47.8 Å². The van der Waals surface area contributed by atoms with Crippen LogP contribution in [0.3, 0.4) is 0 Å². The van der Waals surface area contributed by atoms with Crippen molar-refractivity contribution >= 4 is 54.2 Å². The maximum Gasteiger partial charge on any atom is 0.268 e. The van der Waals surface area contributed by atoms with Crippen molar-refractivity contribution in [1.82, 2.24) is 8.96 Å². The number of para-hydroxylation sites is 1. The first-order valence-electron chi connectivity index (χ1n) is 9.52. The van der Waals surface area contributed by atoms with E-state index in [9.17, 15) is 13.2 Å². The highest BCUT2D eigenvalue weighted by Gasteiger charge is 2.23. The maximum atomic E-state index is 13.6. The second-order valence-electron chi connectivity index (χ2n) is 7.05. The second kappa shape index (κ2) is 7.33. The highest BCUT2D eigenvalue weighted by Crippen LogP contribution is 2.35. The predicted molar refractivity (Wildman–Crippen MR) is 124 cm³/mol. The molecule has 0 unspecified atom stereocenters. The number of aromatic nitrogens is 2. The molecule has 0 aliphatic carbocycles. The van der Waals surface area contributed by atoms with Crippen molar-refractivity contribution in [1.29, 1.82) is 0 Å². The zero-order valence-corrected chi connectivity index (χ0v) is 18.1. The van der Waals surface area contributed by atoms with E-state index >= 15 is 0 Å². The van der Waals surface area contributed by atoms with Gasteiger partial charge in [-0.15, -0.1) is 11.3 Å². The molecule has 0 spiro atoms. The van der Waals surface area contributed by atoms with Gasteiger partial charge >= 0.3 is 0 Å². The third-order valence-corrected chi connectivity index (χ3v) is 7.49. The quantitative estimate of drug-likeness (QED) is 0.415. The van der Waals surface area contributed by atoms with Crippen molar-refractivity contribution in [3.8, 4) is 11.3 Å². The summed E-state index contributed by atoms with van der Waals surface area (Å²) in [5, 5.41) is 6.72. The summed E-state index contributed by atoms with van der Waals surface area (Å²) in [7, 11) is -3.82. The molecule has 2 heterocycles.